The second kappa shape index (κ2) is 12.1. The molecule has 2 aliphatic heterocycles. The van der Waals surface area contributed by atoms with Gasteiger partial charge in [-0.1, -0.05) is 30.7 Å². The quantitative estimate of drug-likeness (QED) is 0.614. The number of hydrogen-bond donors (Lipinski definition) is 0. The summed E-state index contributed by atoms with van der Waals surface area (Å²) in [6.07, 6.45) is 5.05. The maximum Gasteiger partial charge on any atom is 0.225 e. The summed E-state index contributed by atoms with van der Waals surface area (Å²) >= 11 is 6.14. The number of halogens is 2. The summed E-state index contributed by atoms with van der Waals surface area (Å²) in [6.45, 7) is 10.1. The Bertz CT molecular complexity index is 629. The predicted octanol–water partition coefficient (Wildman–Crippen LogP) is 4.68. The predicted molar refractivity (Wildman–Crippen MR) is 122 cm³/mol. The Morgan fingerprint density at radius 2 is 1.93 bits per heavy atom. The fourth-order valence-corrected chi connectivity index (χ4v) is 4.84. The topological polar surface area (TPSA) is 32.8 Å². The molecule has 164 valence electrons. The number of likely N-dealkylation sites (tertiary alicyclic amines) is 1. The van der Waals surface area contributed by atoms with Crippen molar-refractivity contribution in [2.24, 2.45) is 11.8 Å². The van der Waals surface area contributed by atoms with Gasteiger partial charge in [-0.15, -0.1) is 12.4 Å². The van der Waals surface area contributed by atoms with Gasteiger partial charge in [0.15, 0.2) is 0 Å². The molecule has 2 aliphatic rings. The zero-order chi connectivity index (χ0) is 19.9. The first kappa shape index (κ1) is 24.5. The van der Waals surface area contributed by atoms with Crippen LogP contribution in [0.25, 0.3) is 0 Å². The van der Waals surface area contributed by atoms with Crippen molar-refractivity contribution >= 4 is 29.9 Å². The van der Waals surface area contributed by atoms with E-state index in [1.807, 2.05) is 12.1 Å². The van der Waals surface area contributed by atoms with Crippen molar-refractivity contribution < 1.29 is 9.53 Å². The van der Waals surface area contributed by atoms with Crippen molar-refractivity contribution in [1.29, 1.82) is 0 Å². The number of piperidine rings is 1. The average Bonchev–Trinajstić information content (AvgIpc) is 2.72. The first-order chi connectivity index (χ1) is 13.6. The summed E-state index contributed by atoms with van der Waals surface area (Å²) in [6, 6.07) is 8.70. The summed E-state index contributed by atoms with van der Waals surface area (Å²) < 4.78 is 5.40. The molecule has 1 unspecified atom stereocenters. The van der Waals surface area contributed by atoms with Crippen LogP contribution in [0.1, 0.15) is 45.1 Å². The lowest BCUT2D eigenvalue weighted by atomic mass is 9.92. The molecule has 2 saturated heterocycles. The van der Waals surface area contributed by atoms with Gasteiger partial charge in [-0.05, 0) is 69.2 Å². The van der Waals surface area contributed by atoms with Crippen LogP contribution < -0.4 is 0 Å². The number of hydrogen-bond acceptors (Lipinski definition) is 3. The molecule has 0 bridgehead atoms. The second-order valence-corrected chi connectivity index (χ2v) is 8.86. The first-order valence-corrected chi connectivity index (χ1v) is 11.3. The van der Waals surface area contributed by atoms with Crippen molar-refractivity contribution in [3.63, 3.8) is 0 Å². The molecule has 0 N–H and O–H groups in total. The minimum atomic E-state index is 0. The van der Waals surface area contributed by atoms with Crippen LogP contribution in [0.3, 0.4) is 0 Å². The van der Waals surface area contributed by atoms with Crippen LogP contribution in [-0.2, 0) is 16.0 Å². The molecule has 2 fully saturated rings. The Morgan fingerprint density at radius 1 is 1.24 bits per heavy atom. The number of carbonyl (C=O) groups is 1. The van der Waals surface area contributed by atoms with E-state index in [-0.39, 0.29) is 18.3 Å². The lowest BCUT2D eigenvalue weighted by Crippen LogP contribution is -2.46. The van der Waals surface area contributed by atoms with Crippen LogP contribution in [0.2, 0.25) is 5.02 Å². The molecule has 0 spiro atoms. The maximum absolute atomic E-state index is 12.7. The molecule has 1 aromatic carbocycles. The Morgan fingerprint density at radius 3 is 2.55 bits per heavy atom. The number of likely N-dealkylation sites (N-methyl/N-ethyl adjacent to an activating group) is 1. The van der Waals surface area contributed by atoms with Gasteiger partial charge in [0.2, 0.25) is 5.91 Å². The van der Waals surface area contributed by atoms with Crippen LogP contribution in [0.4, 0.5) is 0 Å². The molecular formula is C23H36Cl2N2O2. The molecule has 3 rings (SSSR count). The summed E-state index contributed by atoms with van der Waals surface area (Å²) in [5.41, 5.74) is 1.30. The van der Waals surface area contributed by atoms with E-state index in [0.717, 1.165) is 76.5 Å². The van der Waals surface area contributed by atoms with Gasteiger partial charge < -0.3 is 14.5 Å². The largest absolute Gasteiger partial charge is 0.381 e. The third kappa shape index (κ3) is 7.13. The van der Waals surface area contributed by atoms with Crippen LogP contribution in [0.15, 0.2) is 24.3 Å². The van der Waals surface area contributed by atoms with Gasteiger partial charge in [0.1, 0.15) is 0 Å². The van der Waals surface area contributed by atoms with Gasteiger partial charge in [-0.3, -0.25) is 4.79 Å². The van der Waals surface area contributed by atoms with E-state index < -0.39 is 0 Å². The van der Waals surface area contributed by atoms with Crippen molar-refractivity contribution in [2.45, 2.75) is 52.0 Å². The highest BCUT2D eigenvalue weighted by molar-refractivity contribution is 6.30. The zero-order valence-electron chi connectivity index (χ0n) is 17.8. The normalized spacial score (nSPS) is 19.8. The number of amides is 1. The van der Waals surface area contributed by atoms with Crippen LogP contribution in [0.5, 0.6) is 0 Å². The van der Waals surface area contributed by atoms with Crippen LogP contribution in [-0.4, -0.2) is 61.1 Å². The monoisotopic (exact) mass is 442 g/mol. The molecule has 0 aliphatic carbocycles. The van der Waals surface area contributed by atoms with Gasteiger partial charge in [-0.2, -0.15) is 0 Å². The van der Waals surface area contributed by atoms with Gasteiger partial charge in [0.25, 0.3) is 0 Å². The molecular weight excluding hydrogens is 407 g/mol. The van der Waals surface area contributed by atoms with Crippen LogP contribution >= 0.6 is 24.0 Å². The molecule has 0 saturated carbocycles. The number of benzene rings is 1. The average molecular weight is 443 g/mol. The number of nitrogens with zero attached hydrogens (tertiary/aromatic N) is 2. The van der Waals surface area contributed by atoms with E-state index in [1.54, 1.807) is 0 Å². The van der Waals surface area contributed by atoms with E-state index >= 15 is 0 Å². The SMILES string of the molecule is CCN(CC1CCN(C(=O)C2CCOCC2)CC1)C(C)Cc1cccc(Cl)c1.Cl. The maximum atomic E-state index is 12.7. The molecule has 29 heavy (non-hydrogen) atoms. The first-order valence-electron chi connectivity index (χ1n) is 10.9. The fourth-order valence-electron chi connectivity index (χ4n) is 4.63. The van der Waals surface area contributed by atoms with Crippen molar-refractivity contribution in [3.8, 4) is 0 Å². The van der Waals surface area contributed by atoms with Crippen molar-refractivity contribution in [3.05, 3.63) is 34.9 Å². The molecule has 2 heterocycles. The van der Waals surface area contributed by atoms with E-state index in [9.17, 15) is 4.79 Å². The van der Waals surface area contributed by atoms with Gasteiger partial charge in [-0.25, -0.2) is 0 Å². The molecule has 0 aromatic heterocycles. The highest BCUT2D eigenvalue weighted by Gasteiger charge is 2.30. The summed E-state index contributed by atoms with van der Waals surface area (Å²) in [7, 11) is 0. The van der Waals surface area contributed by atoms with Crippen LogP contribution in [0, 0.1) is 11.8 Å². The summed E-state index contributed by atoms with van der Waals surface area (Å²) in [5.74, 6) is 1.24. The summed E-state index contributed by atoms with van der Waals surface area (Å²) in [4.78, 5) is 17.4. The minimum Gasteiger partial charge on any atom is -0.381 e. The van der Waals surface area contributed by atoms with E-state index in [0.29, 0.717) is 17.9 Å². The Hall–Kier alpha value is -0.810. The summed E-state index contributed by atoms with van der Waals surface area (Å²) in [5, 5.41) is 0.814. The van der Waals surface area contributed by atoms with Crippen molar-refractivity contribution in [1.82, 2.24) is 9.80 Å². The third-order valence-corrected chi connectivity index (χ3v) is 6.67. The molecule has 4 nitrogen and oxygen atoms in total. The van der Waals surface area contributed by atoms with Gasteiger partial charge >= 0.3 is 0 Å². The standard InChI is InChI=1S/C23H35ClN2O2.ClH/c1-3-25(18(2)15-20-5-4-6-22(24)16-20)17-19-7-11-26(12-8-19)23(27)21-9-13-28-14-10-21;/h4-6,16,18-19,21H,3,7-15,17H2,1-2H3;1H. The molecule has 0 radical (unpaired) electrons. The lowest BCUT2D eigenvalue weighted by molar-refractivity contribution is -0.140. The number of carbonyl (C=O) groups excluding carboxylic acids is 1. The Balaban J connectivity index is 0.00000300. The Labute approximate surface area is 187 Å². The zero-order valence-corrected chi connectivity index (χ0v) is 19.4. The van der Waals surface area contributed by atoms with Gasteiger partial charge in [0, 0.05) is 49.8 Å². The lowest BCUT2D eigenvalue weighted by Gasteiger charge is -2.38. The number of rotatable bonds is 7. The minimum absolute atomic E-state index is 0. The van der Waals surface area contributed by atoms with E-state index in [1.165, 1.54) is 5.56 Å². The second-order valence-electron chi connectivity index (χ2n) is 8.43. The molecule has 1 atom stereocenters. The molecule has 1 aromatic rings. The molecule has 6 heteroatoms. The van der Waals surface area contributed by atoms with Crippen molar-refractivity contribution in [2.75, 3.05) is 39.4 Å². The van der Waals surface area contributed by atoms with Gasteiger partial charge in [0.05, 0.1) is 0 Å². The highest BCUT2D eigenvalue weighted by Crippen LogP contribution is 2.24. The highest BCUT2D eigenvalue weighted by atomic mass is 35.5. The smallest absolute Gasteiger partial charge is 0.225 e. The number of ether oxygens (including phenoxy) is 1. The molecule has 1 amide bonds. The third-order valence-electron chi connectivity index (χ3n) is 6.44. The Kier molecular flexibility index (Phi) is 10.2. The van der Waals surface area contributed by atoms with E-state index in [2.05, 4.69) is 35.8 Å². The fraction of sp³-hybridized carbons (Fsp3) is 0.696. The van der Waals surface area contributed by atoms with E-state index in [4.69, 9.17) is 16.3 Å².